The molecule has 0 saturated heterocycles. The molecule has 0 spiro atoms. The summed E-state index contributed by atoms with van der Waals surface area (Å²) in [4.78, 5) is 31.6. The highest BCUT2D eigenvalue weighted by molar-refractivity contribution is 6.07. The summed E-state index contributed by atoms with van der Waals surface area (Å²) in [5.41, 5.74) is 2.56. The maximum atomic E-state index is 13.5. The van der Waals surface area contributed by atoms with Gasteiger partial charge in [-0.15, -0.1) is 0 Å². The molecule has 0 radical (unpaired) electrons. The molecule has 3 aromatic heterocycles. The number of nitrogens with zero attached hydrogens (tertiary/aromatic N) is 4. The van der Waals surface area contributed by atoms with Gasteiger partial charge in [0.05, 0.1) is 18.3 Å². The molecule has 0 aliphatic heterocycles. The van der Waals surface area contributed by atoms with Crippen molar-refractivity contribution >= 4 is 40.5 Å². The molecule has 168 valence electrons. The van der Waals surface area contributed by atoms with Gasteiger partial charge in [-0.05, 0) is 42.0 Å². The van der Waals surface area contributed by atoms with Crippen molar-refractivity contribution in [3.05, 3.63) is 96.0 Å². The Morgan fingerprint density at radius 2 is 2.03 bits per heavy atom. The third kappa shape index (κ3) is 4.37. The number of nitrogens with one attached hydrogen (secondary N) is 2. The van der Waals surface area contributed by atoms with E-state index in [1.807, 2.05) is 24.3 Å². The third-order valence-corrected chi connectivity index (χ3v) is 5.06. The molecule has 34 heavy (non-hydrogen) atoms. The summed E-state index contributed by atoms with van der Waals surface area (Å²) < 4.78 is 20.5. The Morgan fingerprint density at radius 1 is 1.12 bits per heavy atom. The molecule has 0 saturated carbocycles. The van der Waals surface area contributed by atoms with Crippen molar-refractivity contribution in [2.24, 2.45) is 0 Å². The summed E-state index contributed by atoms with van der Waals surface area (Å²) in [6.45, 7) is 0.433. The molecule has 0 aliphatic carbocycles. The minimum absolute atomic E-state index is 0.101. The van der Waals surface area contributed by atoms with Crippen molar-refractivity contribution in [2.75, 3.05) is 10.6 Å². The zero-order valence-electron chi connectivity index (χ0n) is 17.6. The smallest absolute Gasteiger partial charge is 0.263 e. The zero-order valence-corrected chi connectivity index (χ0v) is 17.6. The fourth-order valence-corrected chi connectivity index (χ4v) is 3.49. The van der Waals surface area contributed by atoms with E-state index in [9.17, 15) is 14.0 Å². The number of fused-ring (bicyclic) bond motifs is 1. The average Bonchev–Trinajstić information content (AvgIpc) is 3.46. The molecule has 2 aromatic carbocycles. The summed E-state index contributed by atoms with van der Waals surface area (Å²) in [7, 11) is 0. The molecule has 3 heterocycles. The van der Waals surface area contributed by atoms with Gasteiger partial charge in [-0.25, -0.2) is 14.4 Å². The molecule has 2 N–H and O–H groups in total. The third-order valence-electron chi connectivity index (χ3n) is 5.06. The van der Waals surface area contributed by atoms with Crippen LogP contribution in [0.5, 0.6) is 0 Å². The van der Waals surface area contributed by atoms with Crippen molar-refractivity contribution in [3.8, 4) is 0 Å². The van der Waals surface area contributed by atoms with Crippen molar-refractivity contribution in [2.45, 2.75) is 6.54 Å². The molecule has 1 amide bonds. The summed E-state index contributed by atoms with van der Waals surface area (Å²) in [5.74, 6) is -0.264. The van der Waals surface area contributed by atoms with Crippen LogP contribution in [0.2, 0.25) is 0 Å². The maximum absolute atomic E-state index is 13.5. The normalized spacial score (nSPS) is 10.9. The molecule has 5 aromatic rings. The lowest BCUT2D eigenvalue weighted by Gasteiger charge is -2.10. The van der Waals surface area contributed by atoms with E-state index in [-0.39, 0.29) is 23.0 Å². The Hall–Kier alpha value is -4.86. The second-order valence-electron chi connectivity index (χ2n) is 7.39. The summed E-state index contributed by atoms with van der Waals surface area (Å²) in [6, 6.07) is 14.9. The monoisotopic (exact) mass is 456 g/mol. The largest absolute Gasteiger partial charge is 0.438 e. The fourth-order valence-electron chi connectivity index (χ4n) is 3.49. The molecule has 0 unspecified atom stereocenters. The van der Waals surface area contributed by atoms with Gasteiger partial charge >= 0.3 is 0 Å². The highest BCUT2D eigenvalue weighted by Crippen LogP contribution is 2.24. The first-order chi connectivity index (χ1) is 16.6. The molecule has 0 fully saturated rings. The van der Waals surface area contributed by atoms with Crippen LogP contribution in [0.3, 0.4) is 0 Å². The van der Waals surface area contributed by atoms with Crippen LogP contribution in [-0.4, -0.2) is 31.9 Å². The van der Waals surface area contributed by atoms with E-state index in [4.69, 9.17) is 4.42 Å². The van der Waals surface area contributed by atoms with E-state index >= 15 is 0 Å². The number of benzene rings is 2. The van der Waals surface area contributed by atoms with Gasteiger partial charge in [0, 0.05) is 23.3 Å². The average molecular weight is 456 g/mol. The van der Waals surface area contributed by atoms with Gasteiger partial charge in [0.2, 0.25) is 5.88 Å². The van der Waals surface area contributed by atoms with Crippen LogP contribution >= 0.6 is 0 Å². The topological polar surface area (TPSA) is 115 Å². The molecular formula is C24H17FN6O3. The minimum atomic E-state index is -0.501. The standard InChI is InChI=1S/C24H17FN6O3/c25-17-3-1-2-15(8-17)12-31-21-6-4-18(9-16(21)10-28-31)29-23-20(11-26-14-27-23)24(33)30-22-7-5-19(13-32)34-22/h1-11,13-14H,12H2,(H,30,33)(H,26,27,29). The van der Waals surface area contributed by atoms with E-state index in [2.05, 4.69) is 25.7 Å². The maximum Gasteiger partial charge on any atom is 0.263 e. The Balaban J connectivity index is 1.36. The van der Waals surface area contributed by atoms with Gasteiger partial charge in [0.25, 0.3) is 5.91 Å². The SMILES string of the molecule is O=Cc1ccc(NC(=O)c2cncnc2Nc2ccc3c(cnn3Cc3cccc(F)c3)c2)o1. The molecule has 9 nitrogen and oxygen atoms in total. The van der Waals surface area contributed by atoms with Gasteiger partial charge in [-0.2, -0.15) is 5.10 Å². The molecule has 0 bridgehead atoms. The number of furan rings is 1. The summed E-state index contributed by atoms with van der Waals surface area (Å²) >= 11 is 0. The number of amides is 1. The van der Waals surface area contributed by atoms with E-state index in [0.29, 0.717) is 24.3 Å². The van der Waals surface area contributed by atoms with Crippen LogP contribution in [0, 0.1) is 5.82 Å². The quantitative estimate of drug-likeness (QED) is 0.349. The lowest BCUT2D eigenvalue weighted by molar-refractivity contribution is 0.102. The molecule has 5 rings (SSSR count). The number of carbonyl (C=O) groups is 2. The first kappa shape index (κ1) is 21.0. The number of anilines is 3. The number of rotatable bonds is 7. The number of hydrogen-bond acceptors (Lipinski definition) is 7. The van der Waals surface area contributed by atoms with Gasteiger partial charge in [-0.3, -0.25) is 19.6 Å². The van der Waals surface area contributed by atoms with Crippen LogP contribution in [0.25, 0.3) is 10.9 Å². The highest BCUT2D eigenvalue weighted by atomic mass is 19.1. The van der Waals surface area contributed by atoms with Gasteiger partial charge in [-0.1, -0.05) is 12.1 Å². The predicted molar refractivity (Wildman–Crippen MR) is 123 cm³/mol. The van der Waals surface area contributed by atoms with Crippen LogP contribution in [-0.2, 0) is 6.54 Å². The second-order valence-corrected chi connectivity index (χ2v) is 7.39. The number of aromatic nitrogens is 4. The molecule has 0 aliphatic rings. The predicted octanol–water partition coefficient (Wildman–Crippen LogP) is 4.42. The number of hydrogen-bond donors (Lipinski definition) is 2. The Morgan fingerprint density at radius 3 is 2.85 bits per heavy atom. The lowest BCUT2D eigenvalue weighted by Crippen LogP contribution is -2.14. The van der Waals surface area contributed by atoms with E-state index < -0.39 is 5.91 Å². The van der Waals surface area contributed by atoms with E-state index in [1.54, 1.807) is 16.9 Å². The first-order valence-electron chi connectivity index (χ1n) is 10.2. The first-order valence-corrected chi connectivity index (χ1v) is 10.2. The Kier molecular flexibility index (Phi) is 5.53. The van der Waals surface area contributed by atoms with E-state index in [0.717, 1.165) is 16.5 Å². The van der Waals surface area contributed by atoms with Gasteiger partial charge in [0.1, 0.15) is 23.5 Å². The second kappa shape index (κ2) is 8.94. The zero-order chi connectivity index (χ0) is 23.5. The number of halogens is 1. The Bertz CT molecular complexity index is 1510. The van der Waals surface area contributed by atoms with Gasteiger partial charge in [0.15, 0.2) is 12.0 Å². The van der Waals surface area contributed by atoms with Crippen molar-refractivity contribution in [1.29, 1.82) is 0 Å². The molecule has 10 heteroatoms. The number of aldehydes is 1. The van der Waals surface area contributed by atoms with Crippen molar-refractivity contribution < 1.29 is 18.4 Å². The van der Waals surface area contributed by atoms with Crippen LogP contribution < -0.4 is 10.6 Å². The van der Waals surface area contributed by atoms with Crippen LogP contribution in [0.4, 0.5) is 21.8 Å². The van der Waals surface area contributed by atoms with Crippen molar-refractivity contribution in [3.63, 3.8) is 0 Å². The fraction of sp³-hybridized carbons (Fsp3) is 0.0417. The lowest BCUT2D eigenvalue weighted by atomic mass is 10.2. The van der Waals surface area contributed by atoms with Crippen molar-refractivity contribution in [1.82, 2.24) is 19.7 Å². The Labute approximate surface area is 192 Å². The van der Waals surface area contributed by atoms with E-state index in [1.165, 1.54) is 36.8 Å². The van der Waals surface area contributed by atoms with Crippen LogP contribution in [0.1, 0.15) is 26.5 Å². The van der Waals surface area contributed by atoms with Crippen LogP contribution in [0.15, 0.2) is 77.7 Å². The minimum Gasteiger partial charge on any atom is -0.438 e. The number of carbonyl (C=O) groups excluding carboxylic acids is 2. The summed E-state index contributed by atoms with van der Waals surface area (Å²) in [6.07, 6.45) is 4.97. The molecular weight excluding hydrogens is 439 g/mol. The highest BCUT2D eigenvalue weighted by Gasteiger charge is 2.16. The summed E-state index contributed by atoms with van der Waals surface area (Å²) in [5, 5.41) is 11.0. The molecule has 0 atom stereocenters. The van der Waals surface area contributed by atoms with Gasteiger partial charge < -0.3 is 9.73 Å².